The first-order chi connectivity index (χ1) is 10.3. The molecule has 2 aromatic rings. The predicted molar refractivity (Wildman–Crippen MR) is 81.0 cm³/mol. The van der Waals surface area contributed by atoms with E-state index in [9.17, 15) is 4.79 Å². The molecule has 21 heavy (non-hydrogen) atoms. The van der Waals surface area contributed by atoms with Gasteiger partial charge in [0, 0.05) is 11.6 Å². The van der Waals surface area contributed by atoms with Gasteiger partial charge in [-0.1, -0.05) is 30.3 Å². The van der Waals surface area contributed by atoms with Crippen LogP contribution in [0.25, 0.3) is 0 Å². The molecular weight excluding hydrogens is 290 g/mol. The molecule has 1 unspecified atom stereocenters. The molecule has 1 aliphatic rings. The van der Waals surface area contributed by atoms with Crippen LogP contribution < -0.4 is 14.8 Å². The fraction of sp³-hybridized carbons (Fsp3) is 0.188. The first-order valence-corrected chi connectivity index (χ1v) is 7.14. The average Bonchev–Trinajstić information content (AvgIpc) is 2.55. The number of alkyl halides is 1. The zero-order valence-corrected chi connectivity index (χ0v) is 12.0. The summed E-state index contributed by atoms with van der Waals surface area (Å²) in [6.45, 7) is 0.186. The highest BCUT2D eigenvalue weighted by Gasteiger charge is 2.27. The molecule has 0 spiro atoms. The molecule has 0 radical (unpaired) electrons. The third-order valence-electron chi connectivity index (χ3n) is 3.22. The van der Waals surface area contributed by atoms with E-state index in [4.69, 9.17) is 21.1 Å². The quantitative estimate of drug-likeness (QED) is 0.886. The third-order valence-corrected chi connectivity index (χ3v) is 3.51. The molecule has 0 fully saturated rings. The minimum atomic E-state index is -0.678. The molecule has 5 heteroatoms. The van der Waals surface area contributed by atoms with Gasteiger partial charge in [0.2, 0.25) is 6.10 Å². The van der Waals surface area contributed by atoms with Gasteiger partial charge in [-0.25, -0.2) is 0 Å². The van der Waals surface area contributed by atoms with Crippen molar-refractivity contribution in [3.63, 3.8) is 0 Å². The highest BCUT2D eigenvalue weighted by atomic mass is 35.5. The van der Waals surface area contributed by atoms with Gasteiger partial charge in [0.05, 0.1) is 0 Å². The lowest BCUT2D eigenvalue weighted by molar-refractivity contribution is -0.125. The van der Waals surface area contributed by atoms with Crippen LogP contribution in [0.4, 0.5) is 5.69 Å². The lowest BCUT2D eigenvalue weighted by atomic mass is 10.2. The molecule has 0 bridgehead atoms. The number of anilines is 1. The number of hydrogen-bond acceptors (Lipinski definition) is 3. The second-order valence-corrected chi connectivity index (χ2v) is 4.91. The number of ether oxygens (including phenoxy) is 2. The summed E-state index contributed by atoms with van der Waals surface area (Å²) in [6, 6.07) is 14.7. The Bertz CT molecular complexity index is 659. The Morgan fingerprint density at radius 1 is 1.14 bits per heavy atom. The fourth-order valence-corrected chi connectivity index (χ4v) is 2.35. The Morgan fingerprint density at radius 3 is 2.67 bits per heavy atom. The van der Waals surface area contributed by atoms with E-state index in [1.54, 1.807) is 6.07 Å². The molecular formula is C16H14ClNO3. The van der Waals surface area contributed by atoms with E-state index in [2.05, 4.69) is 5.32 Å². The molecule has 4 nitrogen and oxygen atoms in total. The van der Waals surface area contributed by atoms with Crippen LogP contribution in [0.1, 0.15) is 5.56 Å². The second-order valence-electron chi connectivity index (χ2n) is 4.64. The number of hydrogen-bond donors (Lipinski definition) is 1. The lowest BCUT2D eigenvalue weighted by Crippen LogP contribution is -2.40. The van der Waals surface area contributed by atoms with E-state index in [0.29, 0.717) is 23.1 Å². The molecule has 0 saturated carbocycles. The number of amides is 1. The van der Waals surface area contributed by atoms with Gasteiger partial charge in [0.1, 0.15) is 6.61 Å². The molecule has 0 aliphatic carbocycles. The largest absolute Gasteiger partial charge is 0.485 e. The summed E-state index contributed by atoms with van der Waals surface area (Å²) >= 11 is 5.86. The molecule has 0 aromatic heterocycles. The Labute approximate surface area is 127 Å². The van der Waals surface area contributed by atoms with Crippen LogP contribution in [0.2, 0.25) is 0 Å². The average molecular weight is 304 g/mol. The van der Waals surface area contributed by atoms with Gasteiger partial charge < -0.3 is 14.8 Å². The second kappa shape index (κ2) is 6.06. The number of nitrogens with one attached hydrogen (secondary N) is 1. The number of halogens is 1. The Morgan fingerprint density at radius 2 is 1.86 bits per heavy atom. The molecule has 1 atom stereocenters. The van der Waals surface area contributed by atoms with Crippen molar-refractivity contribution >= 4 is 23.2 Å². The highest BCUT2D eigenvalue weighted by molar-refractivity contribution is 6.17. The molecule has 1 heterocycles. The van der Waals surface area contributed by atoms with Gasteiger partial charge in [-0.3, -0.25) is 4.79 Å². The summed E-state index contributed by atoms with van der Waals surface area (Å²) in [7, 11) is 0. The topological polar surface area (TPSA) is 47.6 Å². The minimum Gasteiger partial charge on any atom is -0.485 e. The predicted octanol–water partition coefficient (Wildman–Crippen LogP) is 3.20. The summed E-state index contributed by atoms with van der Waals surface area (Å²) in [4.78, 5) is 12.3. The van der Waals surface area contributed by atoms with E-state index in [1.165, 1.54) is 0 Å². The number of para-hydroxylation sites is 3. The molecule has 1 aliphatic heterocycles. The van der Waals surface area contributed by atoms with Crippen molar-refractivity contribution in [2.24, 2.45) is 0 Å². The summed E-state index contributed by atoms with van der Waals surface area (Å²) in [5.41, 5.74) is 1.56. The van der Waals surface area contributed by atoms with Crippen molar-refractivity contribution in [3.05, 3.63) is 54.1 Å². The first-order valence-electron chi connectivity index (χ1n) is 6.61. The third kappa shape index (κ3) is 2.95. The van der Waals surface area contributed by atoms with Crippen LogP contribution in [0.15, 0.2) is 48.5 Å². The SMILES string of the molecule is O=C(Nc1ccccc1CCl)C1COc2ccccc2O1. The van der Waals surface area contributed by atoms with Crippen molar-refractivity contribution in [2.75, 3.05) is 11.9 Å². The van der Waals surface area contributed by atoms with Crippen LogP contribution in [0.3, 0.4) is 0 Å². The van der Waals surface area contributed by atoms with E-state index < -0.39 is 6.10 Å². The molecule has 1 N–H and O–H groups in total. The zero-order chi connectivity index (χ0) is 14.7. The highest BCUT2D eigenvalue weighted by Crippen LogP contribution is 2.31. The minimum absolute atomic E-state index is 0.186. The van der Waals surface area contributed by atoms with Crippen molar-refractivity contribution in [1.29, 1.82) is 0 Å². The molecule has 0 saturated heterocycles. The summed E-state index contributed by atoms with van der Waals surface area (Å²) in [6.07, 6.45) is -0.678. The molecule has 3 rings (SSSR count). The number of carbonyl (C=O) groups excluding carboxylic acids is 1. The van der Waals surface area contributed by atoms with Crippen molar-refractivity contribution in [1.82, 2.24) is 0 Å². The lowest BCUT2D eigenvalue weighted by Gasteiger charge is -2.25. The van der Waals surface area contributed by atoms with E-state index in [1.807, 2.05) is 42.5 Å². The van der Waals surface area contributed by atoms with Gasteiger partial charge in [-0.15, -0.1) is 11.6 Å². The van der Waals surface area contributed by atoms with Crippen LogP contribution in [-0.4, -0.2) is 18.6 Å². The van der Waals surface area contributed by atoms with Crippen molar-refractivity contribution in [3.8, 4) is 11.5 Å². The summed E-state index contributed by atoms with van der Waals surface area (Å²) in [5.74, 6) is 1.32. The van der Waals surface area contributed by atoms with Crippen LogP contribution in [0, 0.1) is 0 Å². The van der Waals surface area contributed by atoms with Gasteiger partial charge in [-0.05, 0) is 23.8 Å². The van der Waals surface area contributed by atoms with Gasteiger partial charge >= 0.3 is 0 Å². The van der Waals surface area contributed by atoms with Gasteiger partial charge in [0.25, 0.3) is 5.91 Å². The zero-order valence-electron chi connectivity index (χ0n) is 11.2. The van der Waals surface area contributed by atoms with Crippen molar-refractivity contribution in [2.45, 2.75) is 12.0 Å². The van der Waals surface area contributed by atoms with E-state index in [-0.39, 0.29) is 12.5 Å². The smallest absolute Gasteiger partial charge is 0.269 e. The Hall–Kier alpha value is -2.20. The fourth-order valence-electron chi connectivity index (χ4n) is 2.12. The van der Waals surface area contributed by atoms with Crippen molar-refractivity contribution < 1.29 is 14.3 Å². The maximum Gasteiger partial charge on any atom is 0.269 e. The normalized spacial score (nSPS) is 16.3. The van der Waals surface area contributed by atoms with Crippen LogP contribution >= 0.6 is 11.6 Å². The standard InChI is InChI=1S/C16H14ClNO3/c17-9-11-5-1-2-6-12(11)18-16(19)15-10-20-13-7-3-4-8-14(13)21-15/h1-8,15H,9-10H2,(H,18,19). The molecule has 1 amide bonds. The Balaban J connectivity index is 1.72. The number of fused-ring (bicyclic) bond motifs is 1. The Kier molecular flexibility index (Phi) is 3.97. The molecule has 2 aromatic carbocycles. The van der Waals surface area contributed by atoms with Gasteiger partial charge in [-0.2, -0.15) is 0 Å². The monoisotopic (exact) mass is 303 g/mol. The number of rotatable bonds is 3. The summed E-state index contributed by atoms with van der Waals surface area (Å²) in [5, 5.41) is 2.83. The maximum atomic E-state index is 12.3. The first kappa shape index (κ1) is 13.8. The number of benzene rings is 2. The van der Waals surface area contributed by atoms with Crippen LogP contribution in [-0.2, 0) is 10.7 Å². The van der Waals surface area contributed by atoms with E-state index in [0.717, 1.165) is 5.56 Å². The van der Waals surface area contributed by atoms with E-state index >= 15 is 0 Å². The maximum absolute atomic E-state index is 12.3. The van der Waals surface area contributed by atoms with Gasteiger partial charge in [0.15, 0.2) is 11.5 Å². The summed E-state index contributed by atoms with van der Waals surface area (Å²) < 4.78 is 11.2. The molecule has 108 valence electrons. The van der Waals surface area contributed by atoms with Crippen LogP contribution in [0.5, 0.6) is 11.5 Å². The number of carbonyl (C=O) groups is 1.